The molecule has 2 N–H and O–H groups in total. The lowest BCUT2D eigenvalue weighted by Crippen LogP contribution is -1.89. The molecule has 4 rings (SSSR count). The molecule has 3 heterocycles. The molecule has 0 aliphatic heterocycles. The fourth-order valence-electron chi connectivity index (χ4n) is 2.36. The molecule has 0 saturated carbocycles. The molecular weight excluding hydrogens is 386 g/mol. The number of hydrazone groups is 1. The van der Waals surface area contributed by atoms with Gasteiger partial charge in [-0.25, -0.2) is 9.78 Å². The molecule has 26 heavy (non-hydrogen) atoms. The van der Waals surface area contributed by atoms with Gasteiger partial charge in [0.1, 0.15) is 4.88 Å². The van der Waals surface area contributed by atoms with Crippen LogP contribution in [0.25, 0.3) is 20.0 Å². The first-order chi connectivity index (χ1) is 12.7. The molecule has 4 aromatic rings. The number of thiazole rings is 1. The third-order valence-corrected chi connectivity index (χ3v) is 6.88. The summed E-state index contributed by atoms with van der Waals surface area (Å²) in [4.78, 5) is 19.0. The third-order valence-electron chi connectivity index (χ3n) is 3.56. The number of carboxylic acids is 1. The van der Waals surface area contributed by atoms with E-state index in [2.05, 4.69) is 15.5 Å². The zero-order valence-corrected chi connectivity index (χ0v) is 15.8. The molecule has 0 saturated heterocycles. The summed E-state index contributed by atoms with van der Waals surface area (Å²) in [6.07, 6.45) is 2.53. The lowest BCUT2D eigenvalue weighted by atomic mass is 10.3. The monoisotopic (exact) mass is 399 g/mol. The van der Waals surface area contributed by atoms with Crippen molar-refractivity contribution in [1.82, 2.24) is 4.98 Å². The smallest absolute Gasteiger partial charge is 0.345 e. The minimum atomic E-state index is -0.883. The fourth-order valence-corrected chi connectivity index (χ4v) is 5.07. The van der Waals surface area contributed by atoms with Gasteiger partial charge in [0.15, 0.2) is 0 Å². The van der Waals surface area contributed by atoms with Crippen molar-refractivity contribution >= 4 is 61.5 Å². The van der Waals surface area contributed by atoms with Crippen molar-refractivity contribution in [2.45, 2.75) is 6.42 Å². The van der Waals surface area contributed by atoms with E-state index < -0.39 is 5.97 Å². The van der Waals surface area contributed by atoms with E-state index in [-0.39, 0.29) is 0 Å². The normalized spacial score (nSPS) is 11.4. The molecule has 0 radical (unpaired) electrons. The standard InChI is InChI=1S/C18H13N3O2S3/c22-17(23)16-8-7-15(25-16)14-6-5-11(24-14)9-10-19-21-18-20-12-3-1-2-4-13(12)26-18/h1-8,10H,9H2,(H,20,21)(H,22,23). The van der Waals surface area contributed by atoms with Gasteiger partial charge >= 0.3 is 5.97 Å². The number of carboxylic acid groups (broad SMARTS) is 1. The summed E-state index contributed by atoms with van der Waals surface area (Å²) in [5.74, 6) is -0.883. The third kappa shape index (κ3) is 3.67. The molecule has 0 amide bonds. The maximum absolute atomic E-state index is 11.0. The molecule has 0 fully saturated rings. The Balaban J connectivity index is 1.37. The van der Waals surface area contributed by atoms with Crippen molar-refractivity contribution in [2.24, 2.45) is 5.10 Å². The Labute approximate surface area is 161 Å². The Morgan fingerprint density at radius 2 is 1.88 bits per heavy atom. The minimum absolute atomic E-state index is 0.358. The Morgan fingerprint density at radius 1 is 1.08 bits per heavy atom. The number of anilines is 1. The van der Waals surface area contributed by atoms with Crippen LogP contribution in [0.1, 0.15) is 14.5 Å². The van der Waals surface area contributed by atoms with Crippen LogP contribution < -0.4 is 5.43 Å². The van der Waals surface area contributed by atoms with Crippen molar-refractivity contribution in [3.05, 3.63) is 58.3 Å². The number of nitrogens with zero attached hydrogens (tertiary/aromatic N) is 2. The number of thiophene rings is 2. The van der Waals surface area contributed by atoms with E-state index in [0.29, 0.717) is 11.3 Å². The number of aromatic carboxylic acids is 1. The van der Waals surface area contributed by atoms with Crippen LogP contribution in [0.2, 0.25) is 0 Å². The van der Waals surface area contributed by atoms with Gasteiger partial charge in [0, 0.05) is 27.3 Å². The Kier molecular flexibility index (Phi) is 4.79. The van der Waals surface area contributed by atoms with E-state index >= 15 is 0 Å². The zero-order chi connectivity index (χ0) is 17.9. The highest BCUT2D eigenvalue weighted by molar-refractivity contribution is 7.23. The van der Waals surface area contributed by atoms with Crippen molar-refractivity contribution < 1.29 is 9.90 Å². The van der Waals surface area contributed by atoms with E-state index in [1.54, 1.807) is 28.7 Å². The summed E-state index contributed by atoms with van der Waals surface area (Å²) in [6.45, 7) is 0. The molecular formula is C18H13N3O2S3. The lowest BCUT2D eigenvalue weighted by molar-refractivity contribution is 0.0702. The fraction of sp³-hybridized carbons (Fsp3) is 0.0556. The second kappa shape index (κ2) is 7.36. The quantitative estimate of drug-likeness (QED) is 0.335. The number of carbonyl (C=O) groups is 1. The maximum Gasteiger partial charge on any atom is 0.345 e. The summed E-state index contributed by atoms with van der Waals surface area (Å²) in [7, 11) is 0. The largest absolute Gasteiger partial charge is 0.477 e. The molecule has 0 bridgehead atoms. The minimum Gasteiger partial charge on any atom is -0.477 e. The predicted molar refractivity (Wildman–Crippen MR) is 110 cm³/mol. The van der Waals surface area contributed by atoms with Crippen LogP contribution in [0.15, 0.2) is 53.6 Å². The van der Waals surface area contributed by atoms with Crippen molar-refractivity contribution in [2.75, 3.05) is 5.43 Å². The molecule has 0 aliphatic carbocycles. The zero-order valence-electron chi connectivity index (χ0n) is 13.4. The van der Waals surface area contributed by atoms with E-state index in [0.717, 1.165) is 25.1 Å². The number of para-hydroxylation sites is 1. The van der Waals surface area contributed by atoms with Gasteiger partial charge in [-0.05, 0) is 36.4 Å². The van der Waals surface area contributed by atoms with Crippen LogP contribution in [0.3, 0.4) is 0 Å². The number of benzene rings is 1. The highest BCUT2D eigenvalue weighted by Crippen LogP contribution is 2.33. The summed E-state index contributed by atoms with van der Waals surface area (Å²) in [5, 5.41) is 14.0. The second-order valence-electron chi connectivity index (χ2n) is 5.35. The Bertz CT molecular complexity index is 1060. The van der Waals surface area contributed by atoms with Crippen LogP contribution in [0.4, 0.5) is 5.13 Å². The van der Waals surface area contributed by atoms with E-state index in [1.807, 2.05) is 48.7 Å². The lowest BCUT2D eigenvalue weighted by Gasteiger charge is -1.92. The maximum atomic E-state index is 11.0. The molecule has 5 nitrogen and oxygen atoms in total. The molecule has 1 aromatic carbocycles. The van der Waals surface area contributed by atoms with Crippen LogP contribution in [-0.4, -0.2) is 22.3 Å². The summed E-state index contributed by atoms with van der Waals surface area (Å²) in [5.41, 5.74) is 3.94. The van der Waals surface area contributed by atoms with Crippen molar-refractivity contribution in [1.29, 1.82) is 0 Å². The van der Waals surface area contributed by atoms with E-state index in [9.17, 15) is 4.79 Å². The van der Waals surface area contributed by atoms with Crippen LogP contribution in [-0.2, 0) is 6.42 Å². The average Bonchev–Trinajstić information content (AvgIpc) is 3.36. The topological polar surface area (TPSA) is 74.6 Å². The average molecular weight is 400 g/mol. The molecule has 0 atom stereocenters. The summed E-state index contributed by atoms with van der Waals surface area (Å²) < 4.78 is 1.13. The SMILES string of the molecule is O=C(O)c1ccc(-c2ccc(CC=NNc3nc4ccccc4s3)s2)s1. The number of aromatic nitrogens is 1. The van der Waals surface area contributed by atoms with Crippen molar-refractivity contribution in [3.8, 4) is 9.75 Å². The first kappa shape index (κ1) is 16.9. The first-order valence-electron chi connectivity index (χ1n) is 7.74. The van der Waals surface area contributed by atoms with Gasteiger partial charge in [-0.15, -0.1) is 22.7 Å². The van der Waals surface area contributed by atoms with Gasteiger partial charge in [-0.2, -0.15) is 5.10 Å². The van der Waals surface area contributed by atoms with Crippen molar-refractivity contribution in [3.63, 3.8) is 0 Å². The number of hydrogen-bond acceptors (Lipinski definition) is 7. The van der Waals surface area contributed by atoms with Crippen LogP contribution in [0.5, 0.6) is 0 Å². The van der Waals surface area contributed by atoms with Gasteiger partial charge in [-0.3, -0.25) is 5.43 Å². The van der Waals surface area contributed by atoms with E-state index in [4.69, 9.17) is 5.11 Å². The number of fused-ring (bicyclic) bond motifs is 1. The van der Waals surface area contributed by atoms with E-state index in [1.165, 1.54) is 16.2 Å². The molecule has 0 unspecified atom stereocenters. The molecule has 130 valence electrons. The number of nitrogens with one attached hydrogen (secondary N) is 1. The number of hydrogen-bond donors (Lipinski definition) is 2. The summed E-state index contributed by atoms with van der Waals surface area (Å²) >= 11 is 4.51. The highest BCUT2D eigenvalue weighted by atomic mass is 32.1. The molecule has 3 aromatic heterocycles. The van der Waals surface area contributed by atoms with Gasteiger partial charge < -0.3 is 5.11 Å². The number of rotatable bonds is 6. The first-order valence-corrected chi connectivity index (χ1v) is 10.2. The van der Waals surface area contributed by atoms with Gasteiger partial charge in [0.25, 0.3) is 0 Å². The second-order valence-corrected chi connectivity index (χ2v) is 8.63. The van der Waals surface area contributed by atoms with Crippen LogP contribution >= 0.6 is 34.0 Å². The molecule has 0 aliphatic rings. The van der Waals surface area contributed by atoms with Gasteiger partial charge in [-0.1, -0.05) is 23.5 Å². The Hall–Kier alpha value is -2.55. The Morgan fingerprint density at radius 3 is 2.69 bits per heavy atom. The van der Waals surface area contributed by atoms with Gasteiger partial charge in [0.2, 0.25) is 5.13 Å². The highest BCUT2D eigenvalue weighted by Gasteiger charge is 2.10. The van der Waals surface area contributed by atoms with Crippen LogP contribution in [0, 0.1) is 0 Å². The predicted octanol–water partition coefficient (Wildman–Crippen LogP) is 5.42. The summed E-state index contributed by atoms with van der Waals surface area (Å²) in [6, 6.07) is 15.5. The molecule has 0 spiro atoms. The van der Waals surface area contributed by atoms with Gasteiger partial charge in [0.05, 0.1) is 10.2 Å². The molecule has 8 heteroatoms.